The average molecular weight is 480 g/mol. The van der Waals surface area contributed by atoms with E-state index in [-0.39, 0.29) is 27.9 Å². The molecule has 0 aromatic heterocycles. The Bertz CT molecular complexity index is 963. The predicted molar refractivity (Wildman–Crippen MR) is 117 cm³/mol. The van der Waals surface area contributed by atoms with Crippen LogP contribution in [0.15, 0.2) is 47.4 Å². The van der Waals surface area contributed by atoms with Crippen molar-refractivity contribution in [1.82, 2.24) is 15.3 Å². The average Bonchev–Trinajstić information content (AvgIpc) is 2.65. The van der Waals surface area contributed by atoms with Gasteiger partial charge in [-0.1, -0.05) is 23.2 Å². The number of hydrogen-bond acceptors (Lipinski definition) is 5. The molecule has 0 aliphatic carbocycles. The molecular weight excluding hydrogens is 459 g/mol. The van der Waals surface area contributed by atoms with Gasteiger partial charge >= 0.3 is 0 Å². The van der Waals surface area contributed by atoms with Crippen molar-refractivity contribution in [3.8, 4) is 0 Å². The van der Waals surface area contributed by atoms with E-state index >= 15 is 0 Å². The van der Waals surface area contributed by atoms with E-state index in [1.54, 1.807) is 29.3 Å². The van der Waals surface area contributed by atoms with E-state index < -0.39 is 15.9 Å². The number of benzene rings is 2. The SMILES string of the molecule is CN1CCN(NC(=O)c2cc(S(=O)(=O)Nc3ccc(Cl)cc3)ccc2Cl)CC1.Cl. The molecule has 1 fully saturated rings. The molecule has 11 heteroatoms. The fourth-order valence-corrected chi connectivity index (χ4v) is 4.11. The number of hydrazine groups is 1. The summed E-state index contributed by atoms with van der Waals surface area (Å²) in [6.45, 7) is 3.01. The van der Waals surface area contributed by atoms with Crippen molar-refractivity contribution in [2.45, 2.75) is 4.90 Å². The lowest BCUT2D eigenvalue weighted by Gasteiger charge is -2.32. The molecule has 1 saturated heterocycles. The molecule has 0 bridgehead atoms. The first-order chi connectivity index (χ1) is 13.2. The molecule has 1 amide bonds. The van der Waals surface area contributed by atoms with Crippen LogP contribution in [0.5, 0.6) is 0 Å². The molecule has 0 unspecified atom stereocenters. The molecule has 0 saturated carbocycles. The zero-order valence-electron chi connectivity index (χ0n) is 15.6. The minimum Gasteiger partial charge on any atom is -0.304 e. The number of carbonyl (C=O) groups excluding carboxylic acids is 1. The summed E-state index contributed by atoms with van der Waals surface area (Å²) in [5.74, 6) is -0.446. The summed E-state index contributed by atoms with van der Waals surface area (Å²) in [5.41, 5.74) is 3.25. The minimum atomic E-state index is -3.89. The number of anilines is 1. The van der Waals surface area contributed by atoms with Crippen LogP contribution in [0.2, 0.25) is 10.0 Å². The van der Waals surface area contributed by atoms with Crippen molar-refractivity contribution in [3.05, 3.63) is 58.1 Å². The highest BCUT2D eigenvalue weighted by atomic mass is 35.5. The number of nitrogens with one attached hydrogen (secondary N) is 2. The highest BCUT2D eigenvalue weighted by Crippen LogP contribution is 2.23. The summed E-state index contributed by atoms with van der Waals surface area (Å²) in [7, 11) is -1.88. The van der Waals surface area contributed by atoms with E-state index in [0.717, 1.165) is 13.1 Å². The summed E-state index contributed by atoms with van der Waals surface area (Å²) in [6, 6.07) is 10.3. The lowest BCUT2D eigenvalue weighted by molar-refractivity contribution is 0.0662. The number of sulfonamides is 1. The third kappa shape index (κ3) is 6.21. The van der Waals surface area contributed by atoms with Gasteiger partial charge < -0.3 is 4.90 Å². The van der Waals surface area contributed by atoms with E-state index in [2.05, 4.69) is 15.0 Å². The van der Waals surface area contributed by atoms with Gasteiger partial charge in [0.25, 0.3) is 15.9 Å². The Morgan fingerprint density at radius 2 is 1.62 bits per heavy atom. The first-order valence-electron chi connectivity index (χ1n) is 8.57. The fraction of sp³-hybridized carbons (Fsp3) is 0.278. The molecule has 7 nitrogen and oxygen atoms in total. The monoisotopic (exact) mass is 478 g/mol. The zero-order chi connectivity index (χ0) is 20.3. The molecule has 0 atom stereocenters. The van der Waals surface area contributed by atoms with Gasteiger partial charge in [0, 0.05) is 36.9 Å². The Labute approximate surface area is 186 Å². The number of amides is 1. The largest absolute Gasteiger partial charge is 0.304 e. The minimum absolute atomic E-state index is 0. The highest BCUT2D eigenvalue weighted by Gasteiger charge is 2.21. The Morgan fingerprint density at radius 3 is 2.24 bits per heavy atom. The highest BCUT2D eigenvalue weighted by molar-refractivity contribution is 7.92. The van der Waals surface area contributed by atoms with Crippen molar-refractivity contribution in [1.29, 1.82) is 0 Å². The molecule has 0 radical (unpaired) electrons. The van der Waals surface area contributed by atoms with Crippen LogP contribution in [0.4, 0.5) is 5.69 Å². The summed E-state index contributed by atoms with van der Waals surface area (Å²) in [6.07, 6.45) is 0. The molecule has 3 rings (SSSR count). The summed E-state index contributed by atoms with van der Waals surface area (Å²) >= 11 is 12.0. The Kier molecular flexibility index (Phi) is 8.16. The number of carbonyl (C=O) groups is 1. The van der Waals surface area contributed by atoms with Crippen LogP contribution in [0, 0.1) is 0 Å². The number of nitrogens with zero attached hydrogens (tertiary/aromatic N) is 2. The van der Waals surface area contributed by atoms with Crippen LogP contribution in [0.25, 0.3) is 0 Å². The fourth-order valence-electron chi connectivity index (χ4n) is 2.70. The lowest BCUT2D eigenvalue weighted by atomic mass is 10.2. The van der Waals surface area contributed by atoms with Crippen molar-refractivity contribution < 1.29 is 13.2 Å². The van der Waals surface area contributed by atoms with Gasteiger partial charge in [-0.3, -0.25) is 14.9 Å². The van der Waals surface area contributed by atoms with Crippen LogP contribution in [0.3, 0.4) is 0 Å². The van der Waals surface area contributed by atoms with Crippen molar-refractivity contribution in [2.24, 2.45) is 0 Å². The quantitative estimate of drug-likeness (QED) is 0.689. The van der Waals surface area contributed by atoms with E-state index in [4.69, 9.17) is 23.2 Å². The maximum atomic E-state index is 12.7. The standard InChI is InChI=1S/C18H20Cl2N4O3S.ClH/c1-23-8-10-24(11-9-23)21-18(25)16-12-15(6-7-17(16)20)28(26,27)22-14-4-2-13(19)3-5-14;/h2-7,12,22H,8-11H2,1H3,(H,21,25);1H. The van der Waals surface area contributed by atoms with E-state index in [0.29, 0.717) is 23.8 Å². The van der Waals surface area contributed by atoms with Gasteiger partial charge in [0.2, 0.25) is 0 Å². The third-order valence-corrected chi connectivity index (χ3v) is 6.31. The number of likely N-dealkylation sites (N-methyl/N-ethyl adjacent to an activating group) is 1. The number of piperazine rings is 1. The smallest absolute Gasteiger partial charge is 0.267 e. The molecule has 1 aliphatic heterocycles. The summed E-state index contributed by atoms with van der Waals surface area (Å²) < 4.78 is 27.8. The van der Waals surface area contributed by atoms with Crippen LogP contribution in [-0.4, -0.2) is 57.5 Å². The van der Waals surface area contributed by atoms with Crippen LogP contribution in [-0.2, 0) is 10.0 Å². The van der Waals surface area contributed by atoms with E-state index in [1.807, 2.05) is 7.05 Å². The van der Waals surface area contributed by atoms with E-state index in [9.17, 15) is 13.2 Å². The van der Waals surface area contributed by atoms with Gasteiger partial charge in [0.05, 0.1) is 15.5 Å². The van der Waals surface area contributed by atoms with Gasteiger partial charge in [-0.25, -0.2) is 13.4 Å². The molecule has 158 valence electrons. The van der Waals surface area contributed by atoms with Crippen LogP contribution < -0.4 is 10.1 Å². The molecule has 1 aliphatic rings. The Balaban J connectivity index is 0.00000300. The van der Waals surface area contributed by atoms with Crippen molar-refractivity contribution in [2.75, 3.05) is 37.9 Å². The van der Waals surface area contributed by atoms with Gasteiger partial charge in [-0.15, -0.1) is 12.4 Å². The molecule has 2 aromatic rings. The van der Waals surface area contributed by atoms with Crippen LogP contribution in [0.1, 0.15) is 10.4 Å². The second kappa shape index (κ2) is 9.97. The first kappa shape index (κ1) is 23.7. The zero-order valence-corrected chi connectivity index (χ0v) is 18.7. The molecule has 1 heterocycles. The Hall–Kier alpha value is -1.55. The van der Waals surface area contributed by atoms with E-state index in [1.165, 1.54) is 18.2 Å². The number of rotatable bonds is 5. The maximum Gasteiger partial charge on any atom is 0.267 e. The van der Waals surface area contributed by atoms with Crippen molar-refractivity contribution in [3.63, 3.8) is 0 Å². The normalized spacial score (nSPS) is 15.4. The second-order valence-corrected chi connectivity index (χ2v) is 9.01. The third-order valence-electron chi connectivity index (χ3n) is 4.35. The molecule has 2 N–H and O–H groups in total. The number of halogens is 3. The Morgan fingerprint density at radius 1 is 1.00 bits per heavy atom. The maximum absolute atomic E-state index is 12.7. The van der Waals surface area contributed by atoms with Crippen molar-refractivity contribution >= 4 is 57.2 Å². The second-order valence-electron chi connectivity index (χ2n) is 6.49. The van der Waals surface area contributed by atoms with Crippen LogP contribution >= 0.6 is 35.6 Å². The first-order valence-corrected chi connectivity index (χ1v) is 10.8. The molecule has 29 heavy (non-hydrogen) atoms. The van der Waals surface area contributed by atoms with Gasteiger partial charge in [-0.2, -0.15) is 0 Å². The predicted octanol–water partition coefficient (Wildman–Crippen LogP) is 3.11. The summed E-state index contributed by atoms with van der Waals surface area (Å²) in [5, 5.41) is 2.47. The van der Waals surface area contributed by atoms with Gasteiger partial charge in [-0.05, 0) is 49.5 Å². The van der Waals surface area contributed by atoms with Gasteiger partial charge in [0.15, 0.2) is 0 Å². The summed E-state index contributed by atoms with van der Waals surface area (Å²) in [4.78, 5) is 14.7. The topological polar surface area (TPSA) is 81.8 Å². The van der Waals surface area contributed by atoms with Gasteiger partial charge in [0.1, 0.15) is 0 Å². The molecule has 0 spiro atoms. The lowest BCUT2D eigenvalue weighted by Crippen LogP contribution is -2.52. The number of hydrogen-bond donors (Lipinski definition) is 2. The molecule has 2 aromatic carbocycles. The molecular formula is C18H21Cl3N4O3S.